The summed E-state index contributed by atoms with van der Waals surface area (Å²) < 4.78 is 0. The minimum atomic E-state index is 0.347. The Morgan fingerprint density at radius 2 is 2.18 bits per heavy atom. The lowest BCUT2D eigenvalue weighted by Gasteiger charge is -2.34. The van der Waals surface area contributed by atoms with Gasteiger partial charge in [0.1, 0.15) is 5.94 Å². The second-order valence-corrected chi connectivity index (χ2v) is 5.78. The highest BCUT2D eigenvalue weighted by atomic mass is 16.1. The van der Waals surface area contributed by atoms with E-state index < -0.39 is 0 Å². The van der Waals surface area contributed by atoms with Gasteiger partial charge in [0.15, 0.2) is 0 Å². The third kappa shape index (κ3) is 4.02. The molecule has 0 fully saturated rings. The number of carbonyl (C=O) groups excluding carboxylic acids is 1. The summed E-state index contributed by atoms with van der Waals surface area (Å²) in [6, 6.07) is 0. The van der Waals surface area contributed by atoms with Crippen molar-refractivity contribution in [2.24, 2.45) is 5.41 Å². The summed E-state index contributed by atoms with van der Waals surface area (Å²) in [5, 5.41) is 0. The van der Waals surface area contributed by atoms with Gasteiger partial charge in [0.25, 0.3) is 0 Å². The van der Waals surface area contributed by atoms with Crippen LogP contribution < -0.4 is 0 Å². The number of allylic oxidation sites excluding steroid dienone is 5. The van der Waals surface area contributed by atoms with Gasteiger partial charge in [-0.1, -0.05) is 36.6 Å². The fourth-order valence-corrected chi connectivity index (χ4v) is 2.69. The highest BCUT2D eigenvalue weighted by molar-refractivity contribution is 5.45. The van der Waals surface area contributed by atoms with Gasteiger partial charge in [-0.05, 0) is 51.4 Å². The summed E-state index contributed by atoms with van der Waals surface area (Å²) in [7, 11) is 0. The smallest absolute Gasteiger partial charge is 0.120 e. The maximum absolute atomic E-state index is 10.2. The second-order valence-electron chi connectivity index (χ2n) is 5.78. The van der Waals surface area contributed by atoms with Crippen LogP contribution in [0.3, 0.4) is 0 Å². The Kier molecular flexibility index (Phi) is 4.96. The van der Waals surface area contributed by atoms with E-state index >= 15 is 0 Å². The van der Waals surface area contributed by atoms with Crippen molar-refractivity contribution in [3.63, 3.8) is 0 Å². The van der Waals surface area contributed by atoms with Gasteiger partial charge in [0, 0.05) is 6.08 Å². The van der Waals surface area contributed by atoms with Crippen molar-refractivity contribution in [2.45, 2.75) is 59.8 Å². The zero-order valence-electron chi connectivity index (χ0n) is 11.6. The van der Waals surface area contributed by atoms with Crippen LogP contribution >= 0.6 is 0 Å². The van der Waals surface area contributed by atoms with E-state index in [4.69, 9.17) is 0 Å². The quantitative estimate of drug-likeness (QED) is 0.510. The molecule has 0 amide bonds. The van der Waals surface area contributed by atoms with Crippen LogP contribution in [0.15, 0.2) is 28.9 Å². The fraction of sp³-hybridized carbons (Fsp3) is 0.625. The first-order valence-corrected chi connectivity index (χ1v) is 6.51. The maximum atomic E-state index is 10.2. The largest absolute Gasteiger partial charge is 0.234 e. The number of hydrogen-bond acceptors (Lipinski definition) is 1. The van der Waals surface area contributed by atoms with Gasteiger partial charge in [0.05, 0.1) is 0 Å². The lowest BCUT2D eigenvalue weighted by atomic mass is 9.71. The van der Waals surface area contributed by atoms with Crippen LogP contribution in [-0.2, 0) is 4.79 Å². The third-order valence-corrected chi connectivity index (χ3v) is 3.85. The van der Waals surface area contributed by atoms with Gasteiger partial charge in [0.2, 0.25) is 0 Å². The molecule has 1 rings (SSSR count). The minimum absolute atomic E-state index is 0.347. The molecule has 94 valence electrons. The summed E-state index contributed by atoms with van der Waals surface area (Å²) in [5.41, 5.74) is 4.77. The van der Waals surface area contributed by atoms with E-state index in [0.29, 0.717) is 5.41 Å². The van der Waals surface area contributed by atoms with E-state index in [9.17, 15) is 4.79 Å². The molecule has 0 aromatic carbocycles. The molecule has 0 unspecified atom stereocenters. The number of hydrogen-bond donors (Lipinski definition) is 0. The van der Waals surface area contributed by atoms with Crippen LogP contribution in [0, 0.1) is 5.41 Å². The van der Waals surface area contributed by atoms with Gasteiger partial charge in [-0.3, -0.25) is 0 Å². The Labute approximate surface area is 105 Å². The van der Waals surface area contributed by atoms with E-state index in [1.54, 1.807) is 17.2 Å². The zero-order chi connectivity index (χ0) is 12.9. The Morgan fingerprint density at radius 3 is 2.76 bits per heavy atom. The van der Waals surface area contributed by atoms with E-state index in [1.165, 1.54) is 24.8 Å². The molecule has 1 heteroatoms. The monoisotopic (exact) mass is 232 g/mol. The molecule has 0 saturated carbocycles. The van der Waals surface area contributed by atoms with Gasteiger partial charge in [-0.25, -0.2) is 4.79 Å². The van der Waals surface area contributed by atoms with Crippen LogP contribution in [-0.4, -0.2) is 5.94 Å². The highest BCUT2D eigenvalue weighted by Gasteiger charge is 2.27. The van der Waals surface area contributed by atoms with E-state index in [0.717, 1.165) is 12.8 Å². The fourth-order valence-electron chi connectivity index (χ4n) is 2.69. The third-order valence-electron chi connectivity index (χ3n) is 3.85. The lowest BCUT2D eigenvalue weighted by Crippen LogP contribution is -2.20. The number of rotatable bonds is 4. The Balaban J connectivity index is 2.75. The molecule has 0 saturated heterocycles. The molecule has 1 aliphatic carbocycles. The maximum Gasteiger partial charge on any atom is 0.120 e. The summed E-state index contributed by atoms with van der Waals surface area (Å²) in [4.78, 5) is 10.2. The first-order chi connectivity index (χ1) is 7.97. The molecular formula is C16H24O. The topological polar surface area (TPSA) is 17.1 Å². The molecule has 1 nitrogen and oxygen atoms in total. The molecule has 1 aliphatic rings. The van der Waals surface area contributed by atoms with E-state index in [-0.39, 0.29) is 0 Å². The minimum Gasteiger partial charge on any atom is -0.234 e. The van der Waals surface area contributed by atoms with Crippen LogP contribution in [0.1, 0.15) is 59.8 Å². The van der Waals surface area contributed by atoms with Crippen LogP contribution in [0.5, 0.6) is 0 Å². The van der Waals surface area contributed by atoms with Crippen molar-refractivity contribution >= 4 is 5.94 Å². The van der Waals surface area contributed by atoms with Crippen molar-refractivity contribution in [1.29, 1.82) is 0 Å². The molecular weight excluding hydrogens is 208 g/mol. The summed E-state index contributed by atoms with van der Waals surface area (Å²) >= 11 is 0. The molecule has 0 bridgehead atoms. The van der Waals surface area contributed by atoms with Gasteiger partial charge in [-0.15, -0.1) is 0 Å². The molecule has 0 spiro atoms. The summed E-state index contributed by atoms with van der Waals surface area (Å²) in [6.45, 7) is 9.04. The highest BCUT2D eigenvalue weighted by Crippen LogP contribution is 2.41. The average Bonchev–Trinajstić information content (AvgIpc) is 2.24. The van der Waals surface area contributed by atoms with Crippen molar-refractivity contribution in [3.8, 4) is 0 Å². The summed E-state index contributed by atoms with van der Waals surface area (Å²) in [6.07, 6.45) is 9.45. The van der Waals surface area contributed by atoms with Crippen molar-refractivity contribution in [1.82, 2.24) is 0 Å². The van der Waals surface area contributed by atoms with Crippen LogP contribution in [0.25, 0.3) is 0 Å². The average molecular weight is 232 g/mol. The summed E-state index contributed by atoms with van der Waals surface area (Å²) in [5.74, 6) is 1.83. The van der Waals surface area contributed by atoms with Gasteiger partial charge in [-0.2, -0.15) is 0 Å². The molecule has 0 aromatic rings. The molecule has 0 radical (unpaired) electrons. The molecule has 0 atom stereocenters. The Hall–Kier alpha value is -1.07. The van der Waals surface area contributed by atoms with Crippen molar-refractivity contribution < 1.29 is 4.79 Å². The molecule has 0 aliphatic heterocycles. The Morgan fingerprint density at radius 1 is 1.47 bits per heavy atom. The molecule has 17 heavy (non-hydrogen) atoms. The predicted octanol–water partition coefficient (Wildman–Crippen LogP) is 4.63. The zero-order valence-corrected chi connectivity index (χ0v) is 11.6. The van der Waals surface area contributed by atoms with Gasteiger partial charge < -0.3 is 0 Å². The lowest BCUT2D eigenvalue weighted by molar-refractivity contribution is 0.360. The Bertz CT molecular complexity index is 376. The first kappa shape index (κ1) is 14.0. The standard InChI is InChI=1S/C16H24O/c1-13(7-6-12-17)9-10-15-14(2)8-5-11-16(15,3)4/h6,9H,5,7-8,10-11H2,1-4H3. The molecule has 0 aromatic heterocycles. The first-order valence-electron chi connectivity index (χ1n) is 6.51. The van der Waals surface area contributed by atoms with Crippen molar-refractivity contribution in [3.05, 3.63) is 28.9 Å². The van der Waals surface area contributed by atoms with Gasteiger partial charge >= 0.3 is 0 Å². The van der Waals surface area contributed by atoms with Crippen LogP contribution in [0.4, 0.5) is 0 Å². The second kappa shape index (κ2) is 6.02. The van der Waals surface area contributed by atoms with Crippen LogP contribution in [0.2, 0.25) is 0 Å². The molecule has 0 N–H and O–H groups in total. The molecule has 0 heterocycles. The van der Waals surface area contributed by atoms with E-state index in [1.807, 2.05) is 5.94 Å². The van der Waals surface area contributed by atoms with Crippen molar-refractivity contribution in [2.75, 3.05) is 0 Å². The van der Waals surface area contributed by atoms with E-state index in [2.05, 4.69) is 33.8 Å². The normalized spacial score (nSPS) is 20.1. The predicted molar refractivity (Wildman–Crippen MR) is 73.6 cm³/mol. The SMILES string of the molecule is CC(=CCC1=C(C)CCCC1(C)C)CC=C=O.